The predicted octanol–water partition coefficient (Wildman–Crippen LogP) is 3.23. The van der Waals surface area contributed by atoms with Crippen molar-refractivity contribution >= 4 is 16.8 Å². The van der Waals surface area contributed by atoms with Crippen LogP contribution in [0.4, 0.5) is 0 Å². The van der Waals surface area contributed by atoms with E-state index in [1.54, 1.807) is 16.9 Å². The molecule has 7 heteroatoms. The van der Waals surface area contributed by atoms with Gasteiger partial charge in [0.2, 0.25) is 0 Å². The minimum atomic E-state index is -0.252. The molecule has 1 aromatic carbocycles. The van der Waals surface area contributed by atoms with E-state index in [1.165, 1.54) is 16.5 Å². The van der Waals surface area contributed by atoms with Gasteiger partial charge in [0.1, 0.15) is 0 Å². The van der Waals surface area contributed by atoms with Crippen LogP contribution < -0.4 is 5.32 Å². The maximum Gasteiger partial charge on any atom is 0.273 e. The third kappa shape index (κ3) is 3.36. The normalized spacial score (nSPS) is 12.4. The molecule has 27 heavy (non-hydrogen) atoms. The molecule has 138 valence electrons. The van der Waals surface area contributed by atoms with Crippen LogP contribution in [0, 0.1) is 6.92 Å². The van der Waals surface area contributed by atoms with Crippen molar-refractivity contribution in [3.63, 3.8) is 0 Å². The largest absolute Gasteiger partial charge is 0.361 e. The second-order valence-corrected chi connectivity index (χ2v) is 6.87. The van der Waals surface area contributed by atoms with E-state index >= 15 is 0 Å². The Balaban J connectivity index is 1.45. The van der Waals surface area contributed by atoms with Crippen LogP contribution in [0.25, 0.3) is 22.2 Å². The van der Waals surface area contributed by atoms with Crippen molar-refractivity contribution in [1.29, 1.82) is 0 Å². The van der Waals surface area contributed by atoms with Crippen molar-refractivity contribution in [2.45, 2.75) is 26.3 Å². The molecular weight excluding hydrogens is 342 g/mol. The van der Waals surface area contributed by atoms with Gasteiger partial charge < -0.3 is 14.8 Å². The fourth-order valence-electron chi connectivity index (χ4n) is 3.28. The van der Waals surface area contributed by atoms with E-state index in [-0.39, 0.29) is 17.6 Å². The number of aromatic amines is 1. The number of carbonyl (C=O) groups is 1. The van der Waals surface area contributed by atoms with E-state index in [0.717, 1.165) is 17.5 Å². The van der Waals surface area contributed by atoms with Gasteiger partial charge in [-0.25, -0.2) is 0 Å². The maximum absolute atomic E-state index is 12.5. The third-order valence-corrected chi connectivity index (χ3v) is 4.65. The summed E-state index contributed by atoms with van der Waals surface area (Å²) in [6, 6.07) is 7.82. The molecule has 3 heterocycles. The van der Waals surface area contributed by atoms with E-state index in [4.69, 9.17) is 4.52 Å². The number of hydrogen-bond donors (Lipinski definition) is 2. The summed E-state index contributed by atoms with van der Waals surface area (Å²) < 4.78 is 6.94. The molecule has 0 spiro atoms. The monoisotopic (exact) mass is 363 g/mol. The van der Waals surface area contributed by atoms with Crippen LogP contribution in [-0.4, -0.2) is 31.9 Å². The van der Waals surface area contributed by atoms with Crippen molar-refractivity contribution in [1.82, 2.24) is 25.2 Å². The zero-order valence-corrected chi connectivity index (χ0v) is 15.5. The number of fused-ring (bicyclic) bond motifs is 1. The number of nitrogens with zero attached hydrogens (tertiary/aromatic N) is 3. The minimum Gasteiger partial charge on any atom is -0.361 e. The van der Waals surface area contributed by atoms with Crippen LogP contribution >= 0.6 is 0 Å². The van der Waals surface area contributed by atoms with Crippen molar-refractivity contribution in [2.75, 3.05) is 0 Å². The van der Waals surface area contributed by atoms with Gasteiger partial charge >= 0.3 is 0 Å². The lowest BCUT2D eigenvalue weighted by molar-refractivity contribution is 0.0931. The standard InChI is InChI=1S/C20H21N5O2/c1-12-5-4-6-16-14(9-21-19(12)16)7-13(2)23-20(26)17-8-18(27-24-17)15-10-22-25(3)11-15/h4-6,8-11,13,21H,7H2,1-3H3,(H,23,26)/t13-/m1/s1. The summed E-state index contributed by atoms with van der Waals surface area (Å²) in [4.78, 5) is 15.8. The van der Waals surface area contributed by atoms with Gasteiger partial charge in [0.05, 0.1) is 11.8 Å². The fourth-order valence-corrected chi connectivity index (χ4v) is 3.28. The van der Waals surface area contributed by atoms with Gasteiger partial charge in [0, 0.05) is 42.5 Å². The SMILES string of the molecule is Cc1cccc2c(C[C@@H](C)NC(=O)c3cc(-c4cnn(C)c4)on3)c[nH]c12. The van der Waals surface area contributed by atoms with Crippen LogP contribution in [0.3, 0.4) is 0 Å². The van der Waals surface area contributed by atoms with Gasteiger partial charge in [0.15, 0.2) is 11.5 Å². The molecule has 1 amide bonds. The lowest BCUT2D eigenvalue weighted by Crippen LogP contribution is -2.34. The Kier molecular flexibility index (Phi) is 4.27. The molecule has 0 bridgehead atoms. The molecule has 3 aromatic heterocycles. The van der Waals surface area contributed by atoms with Crippen molar-refractivity contribution in [3.05, 3.63) is 59.7 Å². The summed E-state index contributed by atoms with van der Waals surface area (Å²) in [7, 11) is 1.82. The van der Waals surface area contributed by atoms with E-state index in [2.05, 4.69) is 39.6 Å². The average Bonchev–Trinajstić information content (AvgIpc) is 3.35. The van der Waals surface area contributed by atoms with Gasteiger partial charge in [-0.1, -0.05) is 23.4 Å². The molecule has 0 aliphatic rings. The summed E-state index contributed by atoms with van der Waals surface area (Å²) in [5, 5.41) is 12.2. The van der Waals surface area contributed by atoms with Gasteiger partial charge in [-0.15, -0.1) is 0 Å². The number of para-hydroxylation sites is 1. The molecule has 7 nitrogen and oxygen atoms in total. The molecule has 0 unspecified atom stereocenters. The zero-order valence-electron chi connectivity index (χ0n) is 15.5. The molecule has 0 radical (unpaired) electrons. The maximum atomic E-state index is 12.5. The molecule has 0 saturated heterocycles. The highest BCUT2D eigenvalue weighted by molar-refractivity contribution is 5.93. The predicted molar refractivity (Wildman–Crippen MR) is 102 cm³/mol. The lowest BCUT2D eigenvalue weighted by atomic mass is 10.0. The Labute approximate surface area is 156 Å². The minimum absolute atomic E-state index is 0.0458. The fraction of sp³-hybridized carbons (Fsp3) is 0.250. The highest BCUT2D eigenvalue weighted by atomic mass is 16.5. The number of nitrogens with one attached hydrogen (secondary N) is 2. The smallest absolute Gasteiger partial charge is 0.273 e. The van der Waals surface area contributed by atoms with E-state index in [9.17, 15) is 4.79 Å². The number of rotatable bonds is 5. The summed E-state index contributed by atoms with van der Waals surface area (Å²) in [5.74, 6) is 0.269. The highest BCUT2D eigenvalue weighted by Gasteiger charge is 2.17. The number of hydrogen-bond acceptors (Lipinski definition) is 4. The second kappa shape index (κ2) is 6.75. The van der Waals surface area contributed by atoms with Crippen LogP contribution in [0.1, 0.15) is 28.5 Å². The first kappa shape index (κ1) is 17.1. The van der Waals surface area contributed by atoms with Crippen LogP contribution in [0.2, 0.25) is 0 Å². The summed E-state index contributed by atoms with van der Waals surface area (Å²) >= 11 is 0. The van der Waals surface area contributed by atoms with Crippen LogP contribution in [0.15, 0.2) is 47.4 Å². The topological polar surface area (TPSA) is 88.7 Å². The van der Waals surface area contributed by atoms with Gasteiger partial charge in [-0.3, -0.25) is 9.48 Å². The lowest BCUT2D eigenvalue weighted by Gasteiger charge is -2.12. The Bertz CT molecular complexity index is 1100. The molecule has 2 N–H and O–H groups in total. The molecule has 4 aromatic rings. The van der Waals surface area contributed by atoms with Crippen molar-refractivity contribution in [2.24, 2.45) is 7.05 Å². The molecule has 0 aliphatic carbocycles. The molecule has 0 saturated carbocycles. The number of H-pyrrole nitrogens is 1. The van der Waals surface area contributed by atoms with Crippen molar-refractivity contribution in [3.8, 4) is 11.3 Å². The van der Waals surface area contributed by atoms with Gasteiger partial charge in [-0.05, 0) is 31.4 Å². The second-order valence-electron chi connectivity index (χ2n) is 6.87. The van der Waals surface area contributed by atoms with E-state index in [1.807, 2.05) is 32.4 Å². The van der Waals surface area contributed by atoms with Crippen LogP contribution in [-0.2, 0) is 13.5 Å². The average molecular weight is 363 g/mol. The molecule has 1 atom stereocenters. The summed E-state index contributed by atoms with van der Waals surface area (Å²) in [6.45, 7) is 4.06. The Morgan fingerprint density at radius 3 is 3.04 bits per heavy atom. The zero-order chi connectivity index (χ0) is 19.0. The number of benzene rings is 1. The Morgan fingerprint density at radius 1 is 1.41 bits per heavy atom. The number of aryl methyl sites for hydroxylation is 2. The molecule has 0 aliphatic heterocycles. The first-order valence-electron chi connectivity index (χ1n) is 8.83. The number of amides is 1. The number of aromatic nitrogens is 4. The van der Waals surface area contributed by atoms with Crippen LogP contribution in [0.5, 0.6) is 0 Å². The quantitative estimate of drug-likeness (QED) is 0.570. The first-order valence-corrected chi connectivity index (χ1v) is 8.83. The Hall–Kier alpha value is -3.35. The third-order valence-electron chi connectivity index (χ3n) is 4.65. The summed E-state index contributed by atoms with van der Waals surface area (Å²) in [5.41, 5.74) is 4.57. The Morgan fingerprint density at radius 2 is 2.26 bits per heavy atom. The molecule has 4 rings (SSSR count). The number of carbonyl (C=O) groups excluding carboxylic acids is 1. The first-order chi connectivity index (χ1) is 13.0. The van der Waals surface area contributed by atoms with Gasteiger partial charge in [-0.2, -0.15) is 5.10 Å². The van der Waals surface area contributed by atoms with Gasteiger partial charge in [0.25, 0.3) is 5.91 Å². The van der Waals surface area contributed by atoms with E-state index in [0.29, 0.717) is 5.76 Å². The summed E-state index contributed by atoms with van der Waals surface area (Å²) in [6.07, 6.45) is 6.22. The van der Waals surface area contributed by atoms with Crippen molar-refractivity contribution < 1.29 is 9.32 Å². The highest BCUT2D eigenvalue weighted by Crippen LogP contribution is 2.23. The van der Waals surface area contributed by atoms with E-state index < -0.39 is 0 Å². The molecule has 0 fully saturated rings. The molecular formula is C20H21N5O2.